The van der Waals surface area contributed by atoms with Gasteiger partial charge in [-0.2, -0.15) is 13.2 Å². The number of carbonyl (C=O) groups is 1. The lowest BCUT2D eigenvalue weighted by Crippen LogP contribution is -2.44. The molecule has 0 heterocycles. The summed E-state index contributed by atoms with van der Waals surface area (Å²) in [5.74, 6) is -0.408. The van der Waals surface area contributed by atoms with Crippen LogP contribution in [0.3, 0.4) is 0 Å². The summed E-state index contributed by atoms with van der Waals surface area (Å²) in [4.78, 5) is 12.2. The number of alkyl halides is 3. The number of amides is 1. The van der Waals surface area contributed by atoms with E-state index in [2.05, 4.69) is 5.32 Å². The summed E-state index contributed by atoms with van der Waals surface area (Å²) >= 11 is 0. The number of methoxy groups -OCH3 is 1. The fourth-order valence-corrected chi connectivity index (χ4v) is 3.32. The molecular formula is C18H25F3N2O3. The fourth-order valence-electron chi connectivity index (χ4n) is 3.32. The molecular weight excluding hydrogens is 349 g/mol. The van der Waals surface area contributed by atoms with Gasteiger partial charge in [-0.3, -0.25) is 4.79 Å². The predicted molar refractivity (Wildman–Crippen MR) is 91.8 cm³/mol. The molecule has 1 amide bonds. The number of nitrogens with two attached hydrogens (primary N) is 1. The number of ether oxygens (including phenoxy) is 1. The van der Waals surface area contributed by atoms with E-state index in [1.807, 2.05) is 0 Å². The van der Waals surface area contributed by atoms with Crippen molar-refractivity contribution in [1.82, 2.24) is 0 Å². The van der Waals surface area contributed by atoms with E-state index < -0.39 is 29.8 Å². The van der Waals surface area contributed by atoms with Crippen LogP contribution in [0.5, 0.6) is 5.75 Å². The van der Waals surface area contributed by atoms with Gasteiger partial charge in [0, 0.05) is 6.04 Å². The first-order chi connectivity index (χ1) is 12.2. The fraction of sp³-hybridized carbons (Fsp3) is 0.611. The Hall–Kier alpha value is -1.80. The Kier molecular flexibility index (Phi) is 6.88. The largest absolute Gasteiger partial charge is 0.495 e. The number of aliphatic hydroxyl groups excluding tert-OH is 1. The second kappa shape index (κ2) is 8.73. The van der Waals surface area contributed by atoms with Crippen molar-refractivity contribution in [3.05, 3.63) is 23.8 Å². The van der Waals surface area contributed by atoms with Gasteiger partial charge in [0.05, 0.1) is 18.4 Å². The number of hydrogen-bond acceptors (Lipinski definition) is 4. The van der Waals surface area contributed by atoms with Crippen molar-refractivity contribution in [2.24, 2.45) is 11.7 Å². The zero-order valence-electron chi connectivity index (χ0n) is 14.7. The Balaban J connectivity index is 2.05. The highest BCUT2D eigenvalue weighted by molar-refractivity contribution is 5.95. The lowest BCUT2D eigenvalue weighted by Gasteiger charge is -2.26. The van der Waals surface area contributed by atoms with Crippen molar-refractivity contribution >= 4 is 11.6 Å². The van der Waals surface area contributed by atoms with Crippen LogP contribution in [0.2, 0.25) is 0 Å². The van der Waals surface area contributed by atoms with E-state index in [1.54, 1.807) is 0 Å². The van der Waals surface area contributed by atoms with Crippen LogP contribution in [-0.2, 0) is 11.0 Å². The molecule has 26 heavy (non-hydrogen) atoms. The molecule has 1 fully saturated rings. The van der Waals surface area contributed by atoms with Gasteiger partial charge >= 0.3 is 6.18 Å². The van der Waals surface area contributed by atoms with Gasteiger partial charge < -0.3 is 20.9 Å². The van der Waals surface area contributed by atoms with E-state index >= 15 is 0 Å². The van der Waals surface area contributed by atoms with Crippen LogP contribution in [0.25, 0.3) is 0 Å². The molecule has 1 aromatic rings. The summed E-state index contributed by atoms with van der Waals surface area (Å²) in [6, 6.07) is 1.98. The van der Waals surface area contributed by atoms with Crippen molar-refractivity contribution < 1.29 is 27.8 Å². The van der Waals surface area contributed by atoms with Crippen LogP contribution < -0.4 is 15.8 Å². The third kappa shape index (κ3) is 5.35. The number of nitrogens with one attached hydrogen (secondary N) is 1. The van der Waals surface area contributed by atoms with Crippen molar-refractivity contribution in [2.45, 2.75) is 56.8 Å². The monoisotopic (exact) mass is 374 g/mol. The van der Waals surface area contributed by atoms with Gasteiger partial charge in [-0.05, 0) is 30.5 Å². The van der Waals surface area contributed by atoms with Gasteiger partial charge in [0.15, 0.2) is 0 Å². The van der Waals surface area contributed by atoms with Gasteiger partial charge in [-0.1, -0.05) is 32.1 Å². The second-order valence-corrected chi connectivity index (χ2v) is 6.75. The van der Waals surface area contributed by atoms with Crippen LogP contribution in [0.1, 0.15) is 44.1 Å². The van der Waals surface area contributed by atoms with Crippen LogP contribution in [0, 0.1) is 5.92 Å². The molecule has 2 rings (SSSR count). The third-order valence-electron chi connectivity index (χ3n) is 4.79. The molecule has 0 saturated heterocycles. The molecule has 0 radical (unpaired) electrons. The molecule has 0 bridgehead atoms. The van der Waals surface area contributed by atoms with E-state index in [1.165, 1.54) is 13.5 Å². The molecule has 8 heteroatoms. The average molecular weight is 374 g/mol. The van der Waals surface area contributed by atoms with Gasteiger partial charge in [-0.15, -0.1) is 0 Å². The maximum atomic E-state index is 12.9. The molecule has 2 atom stereocenters. The number of carbonyl (C=O) groups excluding carboxylic acids is 1. The number of anilines is 1. The third-order valence-corrected chi connectivity index (χ3v) is 4.79. The maximum Gasteiger partial charge on any atom is 0.416 e. The Labute approximate surface area is 150 Å². The average Bonchev–Trinajstić information content (AvgIpc) is 2.61. The van der Waals surface area contributed by atoms with Crippen LogP contribution in [-0.4, -0.2) is 30.3 Å². The second-order valence-electron chi connectivity index (χ2n) is 6.75. The summed E-state index contributed by atoms with van der Waals surface area (Å²) in [7, 11) is 1.28. The SMILES string of the molecule is COc1ccc(C(F)(F)F)cc1NC(=O)C(O)[C@H](N)CC1CCCCC1. The van der Waals surface area contributed by atoms with Crippen LogP contribution in [0.4, 0.5) is 18.9 Å². The van der Waals surface area contributed by atoms with Crippen LogP contribution >= 0.6 is 0 Å². The van der Waals surface area contributed by atoms with E-state index in [4.69, 9.17) is 10.5 Å². The highest BCUT2D eigenvalue weighted by Gasteiger charge is 2.32. The van der Waals surface area contributed by atoms with E-state index in [-0.39, 0.29) is 11.4 Å². The molecule has 0 aromatic heterocycles. The molecule has 1 unspecified atom stereocenters. The zero-order chi connectivity index (χ0) is 19.3. The number of benzene rings is 1. The topological polar surface area (TPSA) is 84.6 Å². The summed E-state index contributed by atoms with van der Waals surface area (Å²) < 4.78 is 43.6. The number of halogens is 3. The van der Waals surface area contributed by atoms with Crippen molar-refractivity contribution in [1.29, 1.82) is 0 Å². The molecule has 146 valence electrons. The van der Waals surface area contributed by atoms with Crippen molar-refractivity contribution in [3.63, 3.8) is 0 Å². The normalized spacial score (nSPS) is 18.2. The first-order valence-corrected chi connectivity index (χ1v) is 8.72. The lowest BCUT2D eigenvalue weighted by atomic mass is 9.84. The summed E-state index contributed by atoms with van der Waals surface area (Å²) in [6.45, 7) is 0. The van der Waals surface area contributed by atoms with Gasteiger partial charge in [0.25, 0.3) is 5.91 Å². The molecule has 5 nitrogen and oxygen atoms in total. The Morgan fingerprint density at radius 1 is 1.35 bits per heavy atom. The smallest absolute Gasteiger partial charge is 0.416 e. The van der Waals surface area contributed by atoms with E-state index in [0.717, 1.165) is 43.9 Å². The molecule has 1 saturated carbocycles. The molecule has 1 aliphatic rings. The Bertz CT molecular complexity index is 616. The van der Waals surface area contributed by atoms with Gasteiger partial charge in [0.2, 0.25) is 0 Å². The molecule has 1 aliphatic carbocycles. The summed E-state index contributed by atoms with van der Waals surface area (Å²) in [5, 5.41) is 12.5. The Morgan fingerprint density at radius 3 is 2.58 bits per heavy atom. The van der Waals surface area contributed by atoms with E-state index in [0.29, 0.717) is 12.3 Å². The molecule has 4 N–H and O–H groups in total. The quantitative estimate of drug-likeness (QED) is 0.713. The maximum absolute atomic E-state index is 12.9. The minimum atomic E-state index is -4.55. The minimum absolute atomic E-state index is 0.0689. The van der Waals surface area contributed by atoms with Crippen molar-refractivity contribution in [3.8, 4) is 5.75 Å². The summed E-state index contributed by atoms with van der Waals surface area (Å²) in [6.07, 6.45) is -0.105. The molecule has 1 aromatic carbocycles. The minimum Gasteiger partial charge on any atom is -0.495 e. The first kappa shape index (κ1) is 20.5. The van der Waals surface area contributed by atoms with Crippen LogP contribution in [0.15, 0.2) is 18.2 Å². The number of hydrogen-bond donors (Lipinski definition) is 3. The van der Waals surface area contributed by atoms with Crippen molar-refractivity contribution in [2.75, 3.05) is 12.4 Å². The lowest BCUT2D eigenvalue weighted by molar-refractivity contribution is -0.137. The summed E-state index contributed by atoms with van der Waals surface area (Å²) in [5.41, 5.74) is 4.87. The number of aliphatic hydroxyl groups is 1. The number of rotatable bonds is 6. The Morgan fingerprint density at radius 2 is 2.00 bits per heavy atom. The predicted octanol–water partition coefficient (Wildman–Crippen LogP) is 3.31. The standard InChI is InChI=1S/C18H25F3N2O3/c1-26-15-8-7-12(18(19,20)21)10-14(15)23-17(25)16(24)13(22)9-11-5-3-2-4-6-11/h7-8,10-11,13,16,24H,2-6,9,22H2,1H3,(H,23,25)/t13-,16?/m1/s1. The van der Waals surface area contributed by atoms with E-state index in [9.17, 15) is 23.1 Å². The highest BCUT2D eigenvalue weighted by Crippen LogP contribution is 2.35. The first-order valence-electron chi connectivity index (χ1n) is 8.72. The van der Waals surface area contributed by atoms with Gasteiger partial charge in [-0.25, -0.2) is 0 Å². The molecule has 0 spiro atoms. The zero-order valence-corrected chi connectivity index (χ0v) is 14.7. The van der Waals surface area contributed by atoms with Gasteiger partial charge in [0.1, 0.15) is 11.9 Å². The molecule has 0 aliphatic heterocycles. The highest BCUT2D eigenvalue weighted by atomic mass is 19.4.